The van der Waals surface area contributed by atoms with Crippen LogP contribution >= 0.6 is 0 Å². The van der Waals surface area contributed by atoms with Gasteiger partial charge in [-0.3, -0.25) is 9.71 Å². The van der Waals surface area contributed by atoms with Crippen LogP contribution in [0.5, 0.6) is 11.6 Å². The highest BCUT2D eigenvalue weighted by Gasteiger charge is 2.30. The molecule has 46 heavy (non-hydrogen) atoms. The van der Waals surface area contributed by atoms with Crippen LogP contribution in [0.3, 0.4) is 0 Å². The van der Waals surface area contributed by atoms with Gasteiger partial charge in [-0.1, -0.05) is 30.3 Å². The maximum atomic E-state index is 14.2. The largest absolute Gasteiger partial charge is 0.465 e. The van der Waals surface area contributed by atoms with Crippen molar-refractivity contribution in [3.05, 3.63) is 96.6 Å². The first-order valence-corrected chi connectivity index (χ1v) is 16.1. The third kappa shape index (κ3) is 6.96. The monoisotopic (exact) mass is 643 g/mol. The molecule has 12 nitrogen and oxygen atoms in total. The normalized spacial score (nSPS) is 16.6. The van der Waals surface area contributed by atoms with Crippen LogP contribution in [-0.2, 0) is 15.8 Å². The lowest BCUT2D eigenvalue weighted by molar-refractivity contribution is 0.102. The van der Waals surface area contributed by atoms with E-state index in [0.29, 0.717) is 39.2 Å². The van der Waals surface area contributed by atoms with Crippen molar-refractivity contribution in [2.24, 2.45) is 0 Å². The molecule has 2 atom stereocenters. The number of carboxylic acid groups (broad SMARTS) is 1. The van der Waals surface area contributed by atoms with Gasteiger partial charge in [0.2, 0.25) is 21.9 Å². The molecule has 4 heterocycles. The first-order chi connectivity index (χ1) is 22.1. The third-order valence-electron chi connectivity index (χ3n) is 7.44. The molecule has 1 aliphatic rings. The Morgan fingerprint density at radius 1 is 0.978 bits per heavy atom. The fourth-order valence-corrected chi connectivity index (χ4v) is 6.51. The number of carbonyl (C=O) groups is 1. The number of nitrogens with one attached hydrogen (secondary N) is 2. The first kappa shape index (κ1) is 30.6. The Balaban J connectivity index is 1.28. The number of rotatable bonds is 9. The molecule has 0 saturated carbocycles. The number of nitrogens with zero attached hydrogens (tertiary/aromatic N) is 5. The number of amides is 1. The van der Waals surface area contributed by atoms with Crippen molar-refractivity contribution in [1.29, 1.82) is 0 Å². The van der Waals surface area contributed by atoms with E-state index in [9.17, 15) is 22.7 Å². The molecule has 14 heteroatoms. The van der Waals surface area contributed by atoms with Gasteiger partial charge < -0.3 is 20.1 Å². The zero-order valence-electron chi connectivity index (χ0n) is 24.7. The van der Waals surface area contributed by atoms with Crippen molar-refractivity contribution in [2.75, 3.05) is 23.1 Å². The van der Waals surface area contributed by atoms with Gasteiger partial charge in [0.25, 0.3) is 0 Å². The van der Waals surface area contributed by atoms with Crippen LogP contribution in [0.1, 0.15) is 17.7 Å². The molecule has 0 radical (unpaired) electrons. The van der Waals surface area contributed by atoms with Crippen LogP contribution in [-0.4, -0.2) is 69.8 Å². The maximum absolute atomic E-state index is 14.2. The quantitative estimate of drug-likeness (QED) is 0.184. The highest BCUT2D eigenvalue weighted by Crippen LogP contribution is 2.39. The van der Waals surface area contributed by atoms with Gasteiger partial charge in [-0.05, 0) is 48.9 Å². The minimum absolute atomic E-state index is 0.103. The van der Waals surface area contributed by atoms with E-state index < -0.39 is 28.3 Å². The van der Waals surface area contributed by atoms with Gasteiger partial charge in [0.15, 0.2) is 0 Å². The number of sulfonamides is 1. The van der Waals surface area contributed by atoms with Gasteiger partial charge in [-0.2, -0.15) is 0 Å². The lowest BCUT2D eigenvalue weighted by atomic mass is 10.0. The SMILES string of the molecule is Cc1ccc2c(NS(=O)(=O)Cc3ccccn3)cccc2c1Oc1ncccc1-c1ccnc(N[C@H]2C[C@@H](F)CN(C(=O)O)C2)n1. The van der Waals surface area contributed by atoms with E-state index in [1.165, 1.54) is 0 Å². The Morgan fingerprint density at radius 3 is 2.63 bits per heavy atom. The predicted octanol–water partition coefficient (Wildman–Crippen LogP) is 5.63. The van der Waals surface area contributed by atoms with E-state index in [-0.39, 0.29) is 37.1 Å². The van der Waals surface area contributed by atoms with Gasteiger partial charge in [-0.15, -0.1) is 0 Å². The minimum atomic E-state index is -3.77. The van der Waals surface area contributed by atoms with Crippen molar-refractivity contribution in [3.8, 4) is 22.9 Å². The second-order valence-electron chi connectivity index (χ2n) is 10.9. The number of likely N-dealkylation sites (tertiary alicyclic amines) is 1. The van der Waals surface area contributed by atoms with E-state index in [1.54, 1.807) is 67.1 Å². The van der Waals surface area contributed by atoms with Crippen LogP contribution in [0.2, 0.25) is 0 Å². The highest BCUT2D eigenvalue weighted by molar-refractivity contribution is 7.91. The van der Waals surface area contributed by atoms with Crippen LogP contribution < -0.4 is 14.8 Å². The zero-order valence-corrected chi connectivity index (χ0v) is 25.5. The molecule has 0 bridgehead atoms. The Hall–Kier alpha value is -5.37. The van der Waals surface area contributed by atoms with Crippen molar-refractivity contribution in [1.82, 2.24) is 24.8 Å². The summed E-state index contributed by atoms with van der Waals surface area (Å²) in [6.45, 7) is 1.81. The van der Waals surface area contributed by atoms with E-state index in [1.807, 2.05) is 25.1 Å². The number of hydrogen-bond acceptors (Lipinski definition) is 9. The standard InChI is InChI=1S/C32H30FN7O5S/c1-20-10-11-24-25(7-4-9-28(24)39-46(43,44)19-22-6-2-3-13-34-22)29(20)45-30-26(8-5-14-35-30)27-12-15-36-31(38-27)37-23-16-21(33)17-40(18-23)32(41)42/h2-15,21,23,39H,16-19H2,1H3,(H,41,42)(H,36,37,38)/t21-,23+/m1/s1. The summed E-state index contributed by atoms with van der Waals surface area (Å²) in [4.78, 5) is 29.9. The van der Waals surface area contributed by atoms with Crippen molar-refractivity contribution in [2.45, 2.75) is 31.3 Å². The number of pyridine rings is 2. The summed E-state index contributed by atoms with van der Waals surface area (Å²) in [6.07, 6.45) is 2.31. The van der Waals surface area contributed by atoms with Crippen molar-refractivity contribution >= 4 is 38.5 Å². The van der Waals surface area contributed by atoms with Gasteiger partial charge in [0, 0.05) is 48.4 Å². The molecule has 0 spiro atoms. The summed E-state index contributed by atoms with van der Waals surface area (Å²) >= 11 is 0. The maximum Gasteiger partial charge on any atom is 0.407 e. The Labute approximate surface area is 264 Å². The zero-order chi connectivity index (χ0) is 32.3. The van der Waals surface area contributed by atoms with Gasteiger partial charge in [0.05, 0.1) is 29.2 Å². The number of hydrogen-bond donors (Lipinski definition) is 3. The molecule has 0 aliphatic carbocycles. The summed E-state index contributed by atoms with van der Waals surface area (Å²) in [6, 6.07) is 18.8. The molecule has 0 unspecified atom stereocenters. The number of anilines is 2. The number of benzene rings is 2. The topological polar surface area (TPSA) is 160 Å². The third-order valence-corrected chi connectivity index (χ3v) is 8.65. The minimum Gasteiger partial charge on any atom is -0.465 e. The number of aryl methyl sites for hydroxylation is 1. The number of ether oxygens (including phenoxy) is 1. The molecule has 3 N–H and O–H groups in total. The number of piperidine rings is 1. The number of alkyl halides is 1. The number of halogens is 1. The van der Waals surface area contributed by atoms with E-state index in [0.717, 1.165) is 10.5 Å². The molecule has 3 aromatic heterocycles. The lowest BCUT2D eigenvalue weighted by Gasteiger charge is -2.33. The van der Waals surface area contributed by atoms with Gasteiger partial charge >= 0.3 is 6.09 Å². The lowest BCUT2D eigenvalue weighted by Crippen LogP contribution is -2.49. The van der Waals surface area contributed by atoms with E-state index in [4.69, 9.17) is 4.74 Å². The molecule has 236 valence electrons. The van der Waals surface area contributed by atoms with Crippen LogP contribution in [0.15, 0.2) is 85.3 Å². The van der Waals surface area contributed by atoms with E-state index in [2.05, 4.69) is 30.0 Å². The molecule has 5 aromatic rings. The molecule has 2 aromatic carbocycles. The molecular weight excluding hydrogens is 613 g/mol. The number of aromatic nitrogens is 4. The summed E-state index contributed by atoms with van der Waals surface area (Å²) in [5.74, 6) is 0.670. The summed E-state index contributed by atoms with van der Waals surface area (Å²) in [5.41, 5.74) is 2.64. The number of fused-ring (bicyclic) bond motifs is 1. The Bertz CT molecular complexity index is 2000. The second-order valence-corrected chi connectivity index (χ2v) is 12.6. The predicted molar refractivity (Wildman–Crippen MR) is 171 cm³/mol. The Kier molecular flexibility index (Phi) is 8.61. The fraction of sp³-hybridized carbons (Fsp3) is 0.219. The van der Waals surface area contributed by atoms with Gasteiger partial charge in [0.1, 0.15) is 17.7 Å². The molecule has 6 rings (SSSR count). The second kappa shape index (κ2) is 12.9. The van der Waals surface area contributed by atoms with Crippen LogP contribution in [0, 0.1) is 6.92 Å². The fourth-order valence-electron chi connectivity index (χ4n) is 5.37. The van der Waals surface area contributed by atoms with Crippen molar-refractivity contribution in [3.63, 3.8) is 0 Å². The van der Waals surface area contributed by atoms with Crippen LogP contribution in [0.4, 0.5) is 20.8 Å². The molecule has 1 amide bonds. The summed E-state index contributed by atoms with van der Waals surface area (Å²) in [7, 11) is -3.77. The highest BCUT2D eigenvalue weighted by atomic mass is 32.2. The average Bonchev–Trinajstić information content (AvgIpc) is 3.02. The van der Waals surface area contributed by atoms with Crippen molar-refractivity contribution < 1.29 is 27.4 Å². The van der Waals surface area contributed by atoms with E-state index >= 15 is 0 Å². The van der Waals surface area contributed by atoms with Gasteiger partial charge in [-0.25, -0.2) is 32.6 Å². The Morgan fingerprint density at radius 2 is 1.83 bits per heavy atom. The molecular formula is C32H30FN7O5S. The molecule has 1 aliphatic heterocycles. The first-order valence-electron chi connectivity index (χ1n) is 14.4. The average molecular weight is 644 g/mol. The van der Waals surface area contributed by atoms with Crippen LogP contribution in [0.25, 0.3) is 22.0 Å². The molecule has 1 saturated heterocycles. The summed E-state index contributed by atoms with van der Waals surface area (Å²) in [5, 5.41) is 13.7. The summed E-state index contributed by atoms with van der Waals surface area (Å²) < 4.78 is 49.4. The molecule has 1 fully saturated rings. The smallest absolute Gasteiger partial charge is 0.407 e.